The van der Waals surface area contributed by atoms with Crippen molar-refractivity contribution in [2.24, 2.45) is 0 Å². The summed E-state index contributed by atoms with van der Waals surface area (Å²) in [6.07, 6.45) is 0.509. The van der Waals surface area contributed by atoms with Crippen molar-refractivity contribution in [3.8, 4) is 0 Å². The molecular weight excluding hydrogens is 230 g/mol. The number of hydrogen-bond acceptors (Lipinski definition) is 3. The molecule has 5 heteroatoms. The second-order valence-corrected chi connectivity index (χ2v) is 4.83. The van der Waals surface area contributed by atoms with Gasteiger partial charge in [-0.25, -0.2) is 0 Å². The van der Waals surface area contributed by atoms with Gasteiger partial charge in [0.1, 0.15) is 0 Å². The van der Waals surface area contributed by atoms with E-state index in [9.17, 15) is 9.59 Å². The molecule has 2 atom stereocenters. The summed E-state index contributed by atoms with van der Waals surface area (Å²) < 4.78 is 0. The Morgan fingerprint density at radius 1 is 1.44 bits per heavy atom. The molecule has 3 N–H and O–H groups in total. The Balaban J connectivity index is 1.97. The monoisotopic (exact) mass is 245 g/mol. The van der Waals surface area contributed by atoms with E-state index in [2.05, 4.69) is 16.0 Å². The molecule has 5 nitrogen and oxygen atoms in total. The van der Waals surface area contributed by atoms with Gasteiger partial charge in [-0.15, -0.1) is 0 Å². The third-order valence-corrected chi connectivity index (χ3v) is 3.89. The molecule has 2 heterocycles. The molecule has 1 spiro atoms. The van der Waals surface area contributed by atoms with Crippen LogP contribution in [0, 0.1) is 0 Å². The minimum atomic E-state index is -0.590. The molecule has 0 aliphatic carbocycles. The maximum atomic E-state index is 12.2. The average molecular weight is 245 g/mol. The lowest BCUT2D eigenvalue weighted by atomic mass is 9.79. The first-order valence-corrected chi connectivity index (χ1v) is 6.03. The summed E-state index contributed by atoms with van der Waals surface area (Å²) in [4.78, 5) is 23.9. The lowest BCUT2D eigenvalue weighted by Gasteiger charge is -2.19. The number of carbonyl (C=O) groups excluding carboxylic acids is 2. The molecule has 0 unspecified atom stereocenters. The van der Waals surface area contributed by atoms with Crippen LogP contribution in [0.2, 0.25) is 0 Å². The van der Waals surface area contributed by atoms with Crippen molar-refractivity contribution in [1.82, 2.24) is 10.6 Å². The zero-order valence-electron chi connectivity index (χ0n) is 10.1. The van der Waals surface area contributed by atoms with Gasteiger partial charge in [0.2, 0.25) is 11.8 Å². The lowest BCUT2D eigenvalue weighted by Crippen LogP contribution is -2.38. The van der Waals surface area contributed by atoms with E-state index in [0.29, 0.717) is 13.0 Å². The van der Waals surface area contributed by atoms with Crippen LogP contribution in [0.1, 0.15) is 12.0 Å². The van der Waals surface area contributed by atoms with Crippen LogP contribution in [-0.2, 0) is 15.0 Å². The van der Waals surface area contributed by atoms with E-state index in [1.54, 1.807) is 7.05 Å². The fourth-order valence-electron chi connectivity index (χ4n) is 2.90. The molecule has 1 aromatic rings. The number of para-hydroxylation sites is 1. The number of fused-ring (bicyclic) bond motifs is 2. The number of likely N-dealkylation sites (N-methyl/N-ethyl adjacent to an activating group) is 1. The number of hydrogen-bond donors (Lipinski definition) is 3. The van der Waals surface area contributed by atoms with E-state index in [4.69, 9.17) is 0 Å². The minimum absolute atomic E-state index is 0.0115. The highest BCUT2D eigenvalue weighted by Crippen LogP contribution is 2.43. The number of benzene rings is 1. The standard InChI is InChI=1S/C13H15N3O2/c1-14-11(17)10-6-13(7-15-10)8-4-2-3-5-9(8)16-12(13)18/h2-5,10,15H,6-7H2,1H3,(H,14,17)(H,16,18)/t10-,13-/m1/s1. The van der Waals surface area contributed by atoms with E-state index in [1.165, 1.54) is 0 Å². The first-order chi connectivity index (χ1) is 8.67. The van der Waals surface area contributed by atoms with Crippen LogP contribution >= 0.6 is 0 Å². The van der Waals surface area contributed by atoms with Crippen LogP contribution in [0.3, 0.4) is 0 Å². The van der Waals surface area contributed by atoms with Gasteiger partial charge >= 0.3 is 0 Å². The van der Waals surface area contributed by atoms with Crippen LogP contribution in [0.4, 0.5) is 5.69 Å². The van der Waals surface area contributed by atoms with E-state index in [0.717, 1.165) is 11.3 Å². The van der Waals surface area contributed by atoms with Gasteiger partial charge in [-0.1, -0.05) is 18.2 Å². The summed E-state index contributed by atoms with van der Waals surface area (Å²) in [5, 5.41) is 8.65. The van der Waals surface area contributed by atoms with Crippen molar-refractivity contribution < 1.29 is 9.59 Å². The number of amides is 2. The van der Waals surface area contributed by atoms with Gasteiger partial charge in [-0.2, -0.15) is 0 Å². The van der Waals surface area contributed by atoms with Crippen molar-refractivity contribution in [3.63, 3.8) is 0 Å². The normalized spacial score (nSPS) is 29.2. The Morgan fingerprint density at radius 2 is 2.22 bits per heavy atom. The van der Waals surface area contributed by atoms with E-state index >= 15 is 0 Å². The first-order valence-electron chi connectivity index (χ1n) is 6.03. The van der Waals surface area contributed by atoms with Crippen LogP contribution in [0.15, 0.2) is 24.3 Å². The summed E-state index contributed by atoms with van der Waals surface area (Å²) in [5.74, 6) is -0.0772. The maximum Gasteiger partial charge on any atom is 0.236 e. The Morgan fingerprint density at radius 3 is 3.00 bits per heavy atom. The maximum absolute atomic E-state index is 12.2. The smallest absolute Gasteiger partial charge is 0.236 e. The van der Waals surface area contributed by atoms with E-state index < -0.39 is 5.41 Å². The molecule has 1 aromatic carbocycles. The van der Waals surface area contributed by atoms with Gasteiger partial charge in [0.05, 0.1) is 11.5 Å². The minimum Gasteiger partial charge on any atom is -0.358 e. The van der Waals surface area contributed by atoms with Gasteiger partial charge < -0.3 is 16.0 Å². The quantitative estimate of drug-likeness (QED) is 0.651. The topological polar surface area (TPSA) is 70.2 Å². The van der Waals surface area contributed by atoms with Crippen LogP contribution < -0.4 is 16.0 Å². The molecule has 0 saturated carbocycles. The number of nitrogens with one attached hydrogen (secondary N) is 3. The molecular formula is C13H15N3O2. The van der Waals surface area contributed by atoms with Crippen molar-refractivity contribution in [2.45, 2.75) is 17.9 Å². The van der Waals surface area contributed by atoms with E-state index in [1.807, 2.05) is 24.3 Å². The Labute approximate surface area is 105 Å². The predicted octanol–water partition coefficient (Wildman–Crippen LogP) is -0.0156. The highest BCUT2D eigenvalue weighted by Gasteiger charge is 2.52. The predicted molar refractivity (Wildman–Crippen MR) is 67.2 cm³/mol. The molecule has 18 heavy (non-hydrogen) atoms. The van der Waals surface area contributed by atoms with Gasteiger partial charge in [-0.05, 0) is 18.1 Å². The zero-order valence-corrected chi connectivity index (χ0v) is 10.1. The molecule has 2 amide bonds. The van der Waals surface area contributed by atoms with Gasteiger partial charge in [0.25, 0.3) is 0 Å². The fraction of sp³-hybridized carbons (Fsp3) is 0.385. The van der Waals surface area contributed by atoms with Crippen LogP contribution in [-0.4, -0.2) is 31.4 Å². The number of anilines is 1. The third kappa shape index (κ3) is 1.37. The molecule has 0 bridgehead atoms. The van der Waals surface area contributed by atoms with Crippen molar-refractivity contribution in [1.29, 1.82) is 0 Å². The second-order valence-electron chi connectivity index (χ2n) is 4.83. The largest absolute Gasteiger partial charge is 0.358 e. The molecule has 2 aliphatic heterocycles. The van der Waals surface area contributed by atoms with Crippen molar-refractivity contribution in [2.75, 3.05) is 18.9 Å². The Kier molecular flexibility index (Phi) is 2.38. The first kappa shape index (κ1) is 11.2. The Hall–Kier alpha value is -1.88. The van der Waals surface area contributed by atoms with Gasteiger partial charge in [0, 0.05) is 19.3 Å². The number of rotatable bonds is 1. The van der Waals surface area contributed by atoms with Crippen LogP contribution in [0.25, 0.3) is 0 Å². The summed E-state index contributed by atoms with van der Waals surface area (Å²) in [5.41, 5.74) is 1.27. The van der Waals surface area contributed by atoms with Crippen LogP contribution in [0.5, 0.6) is 0 Å². The highest BCUT2D eigenvalue weighted by molar-refractivity contribution is 6.07. The molecule has 3 rings (SSSR count). The summed E-state index contributed by atoms with van der Waals surface area (Å²) in [6, 6.07) is 7.38. The summed E-state index contributed by atoms with van der Waals surface area (Å²) in [6.45, 7) is 0.508. The zero-order chi connectivity index (χ0) is 12.8. The van der Waals surface area contributed by atoms with Crippen molar-refractivity contribution >= 4 is 17.5 Å². The number of carbonyl (C=O) groups is 2. The fourth-order valence-corrected chi connectivity index (χ4v) is 2.90. The summed E-state index contributed by atoms with van der Waals surface area (Å²) >= 11 is 0. The van der Waals surface area contributed by atoms with Gasteiger partial charge in [-0.3, -0.25) is 9.59 Å². The van der Waals surface area contributed by atoms with Gasteiger partial charge in [0.15, 0.2) is 0 Å². The molecule has 1 saturated heterocycles. The molecule has 0 radical (unpaired) electrons. The SMILES string of the molecule is CNC(=O)[C@H]1C[C@]2(CN1)C(=O)Nc1ccccc12. The Bertz CT molecular complexity index is 529. The molecule has 0 aromatic heterocycles. The highest BCUT2D eigenvalue weighted by atomic mass is 16.2. The molecule has 1 fully saturated rings. The molecule has 2 aliphatic rings. The van der Waals surface area contributed by atoms with E-state index in [-0.39, 0.29) is 17.9 Å². The second kappa shape index (κ2) is 3.81. The third-order valence-electron chi connectivity index (χ3n) is 3.89. The van der Waals surface area contributed by atoms with Crippen molar-refractivity contribution in [3.05, 3.63) is 29.8 Å². The lowest BCUT2D eigenvalue weighted by molar-refractivity contribution is -0.122. The molecule has 94 valence electrons. The summed E-state index contributed by atoms with van der Waals surface area (Å²) in [7, 11) is 1.61. The average Bonchev–Trinajstić information content (AvgIpc) is 2.94.